The van der Waals surface area contributed by atoms with Crippen molar-refractivity contribution >= 4 is 22.5 Å². The van der Waals surface area contributed by atoms with Gasteiger partial charge in [-0.15, -0.1) is 6.58 Å². The van der Waals surface area contributed by atoms with Crippen LogP contribution in [-0.4, -0.2) is 27.0 Å². The molecule has 3 fully saturated rings. The first kappa shape index (κ1) is 23.7. The van der Waals surface area contributed by atoms with E-state index in [2.05, 4.69) is 84.3 Å². The summed E-state index contributed by atoms with van der Waals surface area (Å²) in [6.07, 6.45) is 4.34. The van der Waals surface area contributed by atoms with E-state index in [1.807, 2.05) is 41.0 Å². The highest BCUT2D eigenvalue weighted by molar-refractivity contribution is 6.30. The number of benzene rings is 4. The molecule has 4 aromatic carbocycles. The third-order valence-electron chi connectivity index (χ3n) is 10.7. The lowest BCUT2D eigenvalue weighted by molar-refractivity contribution is 0.105. The Balaban J connectivity index is 1.53. The van der Waals surface area contributed by atoms with E-state index in [1.165, 1.54) is 11.1 Å². The van der Waals surface area contributed by atoms with E-state index in [-0.39, 0.29) is 22.9 Å². The van der Waals surface area contributed by atoms with Gasteiger partial charge >= 0.3 is 0 Å². The van der Waals surface area contributed by atoms with Crippen LogP contribution in [-0.2, 0) is 16.4 Å². The molecule has 5 heteroatoms. The van der Waals surface area contributed by atoms with Crippen molar-refractivity contribution in [2.24, 2.45) is 5.92 Å². The third kappa shape index (κ3) is 2.39. The van der Waals surface area contributed by atoms with Crippen LogP contribution >= 0.6 is 11.6 Å². The molecule has 4 nitrogen and oxygen atoms in total. The van der Waals surface area contributed by atoms with Crippen molar-refractivity contribution in [2.75, 3.05) is 6.54 Å². The molecule has 4 heterocycles. The number of hydrogen-bond acceptors (Lipinski definition) is 3. The van der Waals surface area contributed by atoms with E-state index >= 15 is 0 Å². The summed E-state index contributed by atoms with van der Waals surface area (Å²) in [6, 6.07) is 35.9. The molecule has 1 aliphatic carbocycles. The van der Waals surface area contributed by atoms with Gasteiger partial charge in [0.1, 0.15) is 11.4 Å². The van der Waals surface area contributed by atoms with Crippen LogP contribution in [0.25, 0.3) is 16.6 Å². The Kier molecular flexibility index (Phi) is 4.53. The molecule has 9 rings (SSSR count). The zero-order chi connectivity index (χ0) is 27.6. The fourth-order valence-electron chi connectivity index (χ4n) is 9.78. The highest BCUT2D eigenvalue weighted by Gasteiger charge is 2.94. The van der Waals surface area contributed by atoms with Crippen LogP contribution in [0.2, 0.25) is 5.02 Å². The van der Waals surface area contributed by atoms with Crippen molar-refractivity contribution < 1.29 is 0 Å². The molecule has 3 aliphatic heterocycles. The fraction of sp³-hybridized carbons (Fsp3) is 0.222. The monoisotopic (exact) mass is 553 g/mol. The Labute approximate surface area is 243 Å². The van der Waals surface area contributed by atoms with Crippen LogP contribution in [0.5, 0.6) is 0 Å². The molecule has 1 aromatic heterocycles. The molecular weight excluding hydrogens is 526 g/mol. The molecule has 1 spiro atoms. The lowest BCUT2D eigenvalue weighted by Crippen LogP contribution is -2.53. The van der Waals surface area contributed by atoms with Gasteiger partial charge in [0.05, 0.1) is 16.6 Å². The largest absolute Gasteiger partial charge is 0.282 e. The van der Waals surface area contributed by atoms with Crippen molar-refractivity contribution in [1.82, 2.24) is 14.5 Å². The van der Waals surface area contributed by atoms with Gasteiger partial charge in [0, 0.05) is 33.4 Å². The minimum atomic E-state index is -0.715. The molecule has 4 aliphatic rings. The summed E-state index contributed by atoms with van der Waals surface area (Å²) in [5, 5.41) is 1.30. The molecule has 5 aromatic rings. The Hall–Kier alpha value is -3.99. The summed E-state index contributed by atoms with van der Waals surface area (Å²) in [7, 11) is 0. The summed E-state index contributed by atoms with van der Waals surface area (Å²) in [5.41, 5.74) is 3.83. The number of halogens is 1. The molecule has 0 bridgehead atoms. The van der Waals surface area contributed by atoms with Crippen molar-refractivity contribution in [3.05, 3.63) is 154 Å². The highest BCUT2D eigenvalue weighted by Crippen LogP contribution is 2.87. The van der Waals surface area contributed by atoms with Crippen LogP contribution in [0.3, 0.4) is 0 Å². The van der Waals surface area contributed by atoms with Crippen LogP contribution in [0.1, 0.15) is 35.4 Å². The topological polar surface area (TPSA) is 38.1 Å². The number of para-hydroxylation sites is 1. The Morgan fingerprint density at radius 3 is 2.37 bits per heavy atom. The van der Waals surface area contributed by atoms with Gasteiger partial charge in [-0.3, -0.25) is 14.3 Å². The van der Waals surface area contributed by atoms with E-state index in [4.69, 9.17) is 16.6 Å². The summed E-state index contributed by atoms with van der Waals surface area (Å²) in [6.45, 7) is 5.40. The second-order valence-electron chi connectivity index (χ2n) is 11.9. The van der Waals surface area contributed by atoms with Gasteiger partial charge in [0.2, 0.25) is 0 Å². The standard InChI is InChI=1S/C36H28ClN3O/c1-2-30-34(23-12-5-3-6-13-23)31-18-11-21-39(31)36(35(30,34)24-14-7-4-8-15-24)27-22-25(37)19-20-29(27)40-32(41)26-16-9-10-17-28(26)38-33(36)40/h2-10,12-17,19-20,22,30-31H,1,11,18,21H2/t30-,31-,34+,35+,36-/m1/s1. The van der Waals surface area contributed by atoms with Gasteiger partial charge in [-0.1, -0.05) is 90.5 Å². The van der Waals surface area contributed by atoms with E-state index in [9.17, 15) is 4.79 Å². The number of nitrogens with zero attached hydrogens (tertiary/aromatic N) is 3. The first-order valence-corrected chi connectivity index (χ1v) is 14.8. The van der Waals surface area contributed by atoms with Crippen LogP contribution in [0, 0.1) is 5.92 Å². The Bertz CT molecular complexity index is 1970. The molecular formula is C36H28ClN3O. The number of hydrogen-bond donors (Lipinski definition) is 0. The quantitative estimate of drug-likeness (QED) is 0.232. The second-order valence-corrected chi connectivity index (χ2v) is 12.4. The maximum absolute atomic E-state index is 14.4. The molecule has 1 saturated carbocycles. The molecule has 2 saturated heterocycles. The number of allylic oxidation sites excluding steroid dienone is 1. The first-order valence-electron chi connectivity index (χ1n) is 14.5. The number of rotatable bonds is 3. The van der Waals surface area contributed by atoms with Crippen molar-refractivity contribution in [3.8, 4) is 5.69 Å². The molecule has 0 N–H and O–H groups in total. The first-order chi connectivity index (χ1) is 20.1. The third-order valence-corrected chi connectivity index (χ3v) is 10.9. The SMILES string of the molecule is C=C[C@@H]1[C@@]2(c3ccccc3)[C@H]3CCCN3[C@@]3(c4cc(Cl)ccc4-n4c3nc3ccccc3c4=O)[C@@]12c1ccccc1. The average Bonchev–Trinajstić information content (AvgIpc) is 3.26. The van der Waals surface area contributed by atoms with Crippen molar-refractivity contribution in [3.63, 3.8) is 0 Å². The Morgan fingerprint density at radius 1 is 0.902 bits per heavy atom. The Morgan fingerprint density at radius 2 is 1.61 bits per heavy atom. The normalized spacial score (nSPS) is 30.7. The van der Waals surface area contributed by atoms with E-state index in [0.717, 1.165) is 42.0 Å². The number of fused-ring (bicyclic) bond motifs is 11. The van der Waals surface area contributed by atoms with Gasteiger partial charge in [-0.25, -0.2) is 4.98 Å². The molecule has 0 unspecified atom stereocenters. The van der Waals surface area contributed by atoms with Gasteiger partial charge in [0.25, 0.3) is 5.56 Å². The lowest BCUT2D eigenvalue weighted by atomic mass is 9.67. The summed E-state index contributed by atoms with van der Waals surface area (Å²) < 4.78 is 1.90. The molecule has 0 amide bonds. The van der Waals surface area contributed by atoms with E-state index < -0.39 is 11.0 Å². The van der Waals surface area contributed by atoms with Crippen LogP contribution in [0.4, 0.5) is 0 Å². The number of aromatic nitrogens is 2. The molecule has 5 atom stereocenters. The lowest BCUT2D eigenvalue weighted by Gasteiger charge is -2.44. The van der Waals surface area contributed by atoms with E-state index in [0.29, 0.717) is 10.4 Å². The predicted octanol–water partition coefficient (Wildman–Crippen LogP) is 6.77. The summed E-state index contributed by atoms with van der Waals surface area (Å²) in [5.74, 6) is 0.928. The maximum Gasteiger partial charge on any atom is 0.266 e. The fourth-order valence-corrected chi connectivity index (χ4v) is 9.95. The molecule has 41 heavy (non-hydrogen) atoms. The average molecular weight is 554 g/mol. The van der Waals surface area contributed by atoms with Gasteiger partial charge in [-0.2, -0.15) is 0 Å². The zero-order valence-corrected chi connectivity index (χ0v) is 23.3. The van der Waals surface area contributed by atoms with E-state index in [1.54, 1.807) is 0 Å². The number of piperidine rings is 1. The summed E-state index contributed by atoms with van der Waals surface area (Å²) >= 11 is 6.84. The van der Waals surface area contributed by atoms with Crippen molar-refractivity contribution in [2.45, 2.75) is 35.3 Å². The smallest absolute Gasteiger partial charge is 0.266 e. The van der Waals surface area contributed by atoms with Crippen LogP contribution in [0.15, 0.2) is 121 Å². The highest BCUT2D eigenvalue weighted by atomic mass is 35.5. The van der Waals surface area contributed by atoms with Gasteiger partial charge < -0.3 is 0 Å². The molecule has 0 radical (unpaired) electrons. The maximum atomic E-state index is 14.4. The molecule has 200 valence electrons. The summed E-state index contributed by atoms with van der Waals surface area (Å²) in [4.78, 5) is 22.6. The second kappa shape index (κ2) is 7.84. The minimum Gasteiger partial charge on any atom is -0.282 e. The van der Waals surface area contributed by atoms with Crippen LogP contribution < -0.4 is 5.56 Å². The predicted molar refractivity (Wildman–Crippen MR) is 163 cm³/mol. The van der Waals surface area contributed by atoms with Gasteiger partial charge in [-0.05, 0) is 60.8 Å². The minimum absolute atomic E-state index is 0.0296. The zero-order valence-electron chi connectivity index (χ0n) is 22.5. The van der Waals surface area contributed by atoms with Crippen molar-refractivity contribution in [1.29, 1.82) is 0 Å². The van der Waals surface area contributed by atoms with Gasteiger partial charge in [0.15, 0.2) is 0 Å².